The Bertz CT molecular complexity index is 573. The molecule has 0 atom stereocenters. The minimum Gasteiger partial charge on any atom is -0.399 e. The highest BCUT2D eigenvalue weighted by atomic mass is 32.2. The fraction of sp³-hybridized carbons (Fsp3) is 0.667. The molecule has 1 aromatic carbocycles. The minimum absolute atomic E-state index is 0.242. The lowest BCUT2D eigenvalue weighted by molar-refractivity contribution is 0.278. The first kappa shape index (κ1) is 17.3. The molecular formula is C18H29NO2S. The molecule has 0 amide bonds. The molecule has 0 bridgehead atoms. The van der Waals surface area contributed by atoms with E-state index in [1.54, 1.807) is 13.8 Å². The number of nitrogens with two attached hydrogens (primary N) is 1. The van der Waals surface area contributed by atoms with Crippen molar-refractivity contribution in [3.05, 3.63) is 29.8 Å². The number of sulfone groups is 1. The summed E-state index contributed by atoms with van der Waals surface area (Å²) in [6.45, 7) is 3.57. The van der Waals surface area contributed by atoms with Crippen LogP contribution in [-0.2, 0) is 16.3 Å². The lowest BCUT2D eigenvalue weighted by atomic mass is 9.80. The lowest BCUT2D eigenvalue weighted by Crippen LogP contribution is -2.26. The van der Waals surface area contributed by atoms with Crippen LogP contribution in [-0.4, -0.2) is 19.4 Å². The van der Waals surface area contributed by atoms with E-state index in [1.165, 1.54) is 24.8 Å². The molecule has 4 heteroatoms. The van der Waals surface area contributed by atoms with Crippen LogP contribution in [0.15, 0.2) is 24.3 Å². The number of anilines is 1. The monoisotopic (exact) mass is 323 g/mol. The molecule has 1 aliphatic rings. The molecule has 0 aliphatic heterocycles. The van der Waals surface area contributed by atoms with E-state index in [0.29, 0.717) is 11.7 Å². The van der Waals surface area contributed by atoms with Crippen LogP contribution >= 0.6 is 0 Å². The molecule has 1 saturated carbocycles. The van der Waals surface area contributed by atoms with Crippen LogP contribution in [0.1, 0.15) is 51.5 Å². The third-order valence-electron chi connectivity index (χ3n) is 4.94. The predicted molar refractivity (Wildman–Crippen MR) is 93.5 cm³/mol. The molecule has 0 saturated heterocycles. The maximum atomic E-state index is 12.0. The van der Waals surface area contributed by atoms with Crippen LogP contribution in [0.25, 0.3) is 0 Å². The first-order chi connectivity index (χ1) is 10.4. The smallest absolute Gasteiger partial charge is 0.152 e. The summed E-state index contributed by atoms with van der Waals surface area (Å²) in [6.07, 6.45) is 6.72. The minimum atomic E-state index is -2.89. The molecular weight excluding hydrogens is 294 g/mol. The highest BCUT2D eigenvalue weighted by Gasteiger charge is 2.27. The molecule has 2 rings (SSSR count). The van der Waals surface area contributed by atoms with E-state index < -0.39 is 9.84 Å². The van der Waals surface area contributed by atoms with Gasteiger partial charge in [-0.05, 0) is 69.1 Å². The van der Waals surface area contributed by atoms with Gasteiger partial charge in [0.1, 0.15) is 0 Å². The van der Waals surface area contributed by atoms with E-state index >= 15 is 0 Å². The average molecular weight is 324 g/mol. The SMILES string of the molecule is CC(C)S(=O)(=O)CC1CCC(CCc2cccc(N)c2)CC1. The van der Waals surface area contributed by atoms with Gasteiger partial charge in [0.25, 0.3) is 0 Å². The van der Waals surface area contributed by atoms with E-state index in [1.807, 2.05) is 12.1 Å². The Labute approximate surface area is 135 Å². The Morgan fingerprint density at radius 3 is 2.36 bits per heavy atom. The van der Waals surface area contributed by atoms with E-state index in [0.717, 1.165) is 30.9 Å². The van der Waals surface area contributed by atoms with Crippen LogP contribution in [0, 0.1) is 11.8 Å². The van der Waals surface area contributed by atoms with Crippen molar-refractivity contribution < 1.29 is 8.42 Å². The normalized spacial score (nSPS) is 22.9. The maximum absolute atomic E-state index is 12.0. The van der Waals surface area contributed by atoms with Crippen molar-refractivity contribution in [3.8, 4) is 0 Å². The van der Waals surface area contributed by atoms with Gasteiger partial charge in [-0.15, -0.1) is 0 Å². The highest BCUT2D eigenvalue weighted by molar-refractivity contribution is 7.91. The summed E-state index contributed by atoms with van der Waals surface area (Å²) in [5.41, 5.74) is 7.95. The second-order valence-corrected chi connectivity index (χ2v) is 9.65. The number of aryl methyl sites for hydroxylation is 1. The summed E-state index contributed by atoms with van der Waals surface area (Å²) in [6, 6.07) is 8.13. The molecule has 0 aromatic heterocycles. The molecule has 22 heavy (non-hydrogen) atoms. The largest absolute Gasteiger partial charge is 0.399 e. The number of nitrogen functional groups attached to an aromatic ring is 1. The summed E-state index contributed by atoms with van der Waals surface area (Å²) in [4.78, 5) is 0. The van der Waals surface area contributed by atoms with Crippen molar-refractivity contribution in [1.82, 2.24) is 0 Å². The Kier molecular flexibility index (Phi) is 5.90. The molecule has 1 fully saturated rings. The zero-order chi connectivity index (χ0) is 16.2. The summed E-state index contributed by atoms with van der Waals surface area (Å²) < 4.78 is 24.0. The van der Waals surface area contributed by atoms with Gasteiger partial charge in [-0.25, -0.2) is 8.42 Å². The van der Waals surface area contributed by atoms with E-state index in [9.17, 15) is 8.42 Å². The molecule has 0 heterocycles. The van der Waals surface area contributed by atoms with Gasteiger partial charge >= 0.3 is 0 Å². The van der Waals surface area contributed by atoms with Crippen molar-refractivity contribution >= 4 is 15.5 Å². The third kappa shape index (κ3) is 5.01. The summed E-state index contributed by atoms with van der Waals surface area (Å²) in [7, 11) is -2.89. The van der Waals surface area contributed by atoms with Crippen molar-refractivity contribution in [2.75, 3.05) is 11.5 Å². The Balaban J connectivity index is 1.76. The molecule has 3 nitrogen and oxygen atoms in total. The first-order valence-corrected chi connectivity index (χ1v) is 10.1. The molecule has 1 aliphatic carbocycles. The quantitative estimate of drug-likeness (QED) is 0.809. The highest BCUT2D eigenvalue weighted by Crippen LogP contribution is 2.33. The molecule has 0 unspecified atom stereocenters. The number of benzene rings is 1. The molecule has 2 N–H and O–H groups in total. The van der Waals surface area contributed by atoms with Crippen LogP contribution in [0.2, 0.25) is 0 Å². The lowest BCUT2D eigenvalue weighted by Gasteiger charge is -2.28. The van der Waals surface area contributed by atoms with E-state index in [4.69, 9.17) is 5.73 Å². The van der Waals surface area contributed by atoms with Crippen LogP contribution in [0.4, 0.5) is 5.69 Å². The number of hydrogen-bond acceptors (Lipinski definition) is 3. The summed E-state index contributed by atoms with van der Waals surface area (Å²) in [5.74, 6) is 1.49. The topological polar surface area (TPSA) is 60.2 Å². The van der Waals surface area contributed by atoms with Gasteiger partial charge < -0.3 is 5.73 Å². The zero-order valence-electron chi connectivity index (χ0n) is 13.8. The van der Waals surface area contributed by atoms with Gasteiger partial charge in [-0.2, -0.15) is 0 Å². The predicted octanol–water partition coefficient (Wildman–Crippen LogP) is 3.83. The van der Waals surface area contributed by atoms with Crippen LogP contribution in [0.5, 0.6) is 0 Å². The first-order valence-electron chi connectivity index (χ1n) is 8.43. The number of hydrogen-bond donors (Lipinski definition) is 1. The van der Waals surface area contributed by atoms with E-state index in [-0.39, 0.29) is 5.25 Å². The molecule has 124 valence electrons. The molecule has 0 radical (unpaired) electrons. The van der Waals surface area contributed by atoms with Gasteiger partial charge in [0.15, 0.2) is 9.84 Å². The van der Waals surface area contributed by atoms with Crippen molar-refractivity contribution in [2.45, 2.75) is 57.6 Å². The second-order valence-electron chi connectivity index (χ2n) is 7.05. The van der Waals surface area contributed by atoms with Crippen molar-refractivity contribution in [2.24, 2.45) is 11.8 Å². The maximum Gasteiger partial charge on any atom is 0.152 e. The Hall–Kier alpha value is -1.03. The van der Waals surface area contributed by atoms with Gasteiger partial charge in [0.2, 0.25) is 0 Å². The van der Waals surface area contributed by atoms with Crippen LogP contribution in [0.3, 0.4) is 0 Å². The van der Waals surface area contributed by atoms with Crippen LogP contribution < -0.4 is 5.73 Å². The van der Waals surface area contributed by atoms with Crippen molar-refractivity contribution in [3.63, 3.8) is 0 Å². The Morgan fingerprint density at radius 1 is 1.14 bits per heavy atom. The second kappa shape index (κ2) is 7.49. The number of rotatable bonds is 6. The summed E-state index contributed by atoms with van der Waals surface area (Å²) >= 11 is 0. The van der Waals surface area contributed by atoms with Crippen molar-refractivity contribution in [1.29, 1.82) is 0 Å². The molecule has 0 spiro atoms. The average Bonchev–Trinajstić information content (AvgIpc) is 2.46. The fourth-order valence-corrected chi connectivity index (χ4v) is 4.70. The van der Waals surface area contributed by atoms with Gasteiger partial charge in [0.05, 0.1) is 11.0 Å². The summed E-state index contributed by atoms with van der Waals surface area (Å²) in [5, 5.41) is -0.242. The fourth-order valence-electron chi connectivity index (χ4n) is 3.33. The van der Waals surface area contributed by atoms with Gasteiger partial charge in [0, 0.05) is 5.69 Å². The van der Waals surface area contributed by atoms with Gasteiger partial charge in [-0.1, -0.05) is 25.0 Å². The third-order valence-corrected chi connectivity index (χ3v) is 7.32. The van der Waals surface area contributed by atoms with E-state index in [2.05, 4.69) is 12.1 Å². The van der Waals surface area contributed by atoms with Gasteiger partial charge in [-0.3, -0.25) is 0 Å². The standard InChI is InChI=1S/C18H29NO2S/c1-14(2)22(20,21)13-17-10-7-15(8-11-17)6-9-16-4-3-5-18(19)12-16/h3-5,12,14-15,17H,6-11,13,19H2,1-2H3. The zero-order valence-corrected chi connectivity index (χ0v) is 14.6. The Morgan fingerprint density at radius 2 is 1.77 bits per heavy atom. The molecule has 1 aromatic rings.